The molecule has 4 nitrogen and oxygen atoms in total. The number of carbonyl (C=O) groups excluding carboxylic acids is 1. The molecule has 0 N–H and O–H groups in total. The van der Waals surface area contributed by atoms with E-state index in [1.54, 1.807) is 6.92 Å². The third kappa shape index (κ3) is 12.8. The highest BCUT2D eigenvalue weighted by Gasteiger charge is 2.10. The Labute approximate surface area is 132 Å². The first-order valence-corrected chi connectivity index (χ1v) is 9.99. The first kappa shape index (κ1) is 20.3. The number of ether oxygens (including phenoxy) is 3. The molecule has 0 aromatic heterocycles. The maximum Gasteiger partial charge on any atom is 0.333 e. The van der Waals surface area contributed by atoms with Gasteiger partial charge < -0.3 is 14.2 Å². The van der Waals surface area contributed by atoms with Gasteiger partial charge in [-0.25, -0.2) is 4.79 Å². The van der Waals surface area contributed by atoms with Crippen LogP contribution in [0.2, 0.25) is 6.04 Å². The van der Waals surface area contributed by atoms with Crippen LogP contribution < -0.4 is 0 Å². The minimum Gasteiger partial charge on any atom is -0.462 e. The van der Waals surface area contributed by atoms with Gasteiger partial charge in [-0.3, -0.25) is 0 Å². The SMILES string of the molecule is C=C(C)C(=O)OCCC[SiH2]C(OCCCC)OCCCC. The normalized spacial score (nSPS) is 11.4. The highest BCUT2D eigenvalue weighted by molar-refractivity contribution is 6.36. The minimum absolute atomic E-state index is 0.0138. The average molecular weight is 317 g/mol. The summed E-state index contributed by atoms with van der Waals surface area (Å²) in [6.45, 7) is 11.6. The summed E-state index contributed by atoms with van der Waals surface area (Å²) in [5.41, 5.74) is 0.455. The van der Waals surface area contributed by atoms with Gasteiger partial charge in [0.15, 0.2) is 0 Å². The fourth-order valence-electron chi connectivity index (χ4n) is 1.63. The first-order chi connectivity index (χ1) is 10.1. The number of unbranched alkanes of at least 4 members (excludes halogenated alkanes) is 2. The Morgan fingerprint density at radius 1 is 1.05 bits per heavy atom. The van der Waals surface area contributed by atoms with Crippen molar-refractivity contribution >= 4 is 15.5 Å². The van der Waals surface area contributed by atoms with Gasteiger partial charge >= 0.3 is 5.97 Å². The molecule has 0 spiro atoms. The van der Waals surface area contributed by atoms with Gasteiger partial charge in [0.2, 0.25) is 0 Å². The van der Waals surface area contributed by atoms with E-state index in [2.05, 4.69) is 20.4 Å². The van der Waals surface area contributed by atoms with E-state index in [-0.39, 0.29) is 11.9 Å². The van der Waals surface area contributed by atoms with Crippen molar-refractivity contribution < 1.29 is 19.0 Å². The molecule has 0 bridgehead atoms. The Kier molecular flexibility index (Phi) is 13.8. The molecule has 0 saturated heterocycles. The number of esters is 1. The Hall–Kier alpha value is -0.653. The van der Waals surface area contributed by atoms with Crippen molar-refractivity contribution in [3.63, 3.8) is 0 Å². The van der Waals surface area contributed by atoms with Crippen LogP contribution in [0.3, 0.4) is 0 Å². The van der Waals surface area contributed by atoms with Gasteiger partial charge in [-0.1, -0.05) is 39.3 Å². The lowest BCUT2D eigenvalue weighted by molar-refractivity contribution is -0.138. The summed E-state index contributed by atoms with van der Waals surface area (Å²) in [4.78, 5) is 11.2. The van der Waals surface area contributed by atoms with Crippen molar-refractivity contribution in [2.24, 2.45) is 0 Å². The van der Waals surface area contributed by atoms with E-state index in [4.69, 9.17) is 14.2 Å². The summed E-state index contributed by atoms with van der Waals surface area (Å²) < 4.78 is 16.7. The van der Waals surface area contributed by atoms with Crippen LogP contribution in [-0.4, -0.2) is 41.2 Å². The molecule has 0 heterocycles. The van der Waals surface area contributed by atoms with Crippen molar-refractivity contribution in [2.75, 3.05) is 19.8 Å². The monoisotopic (exact) mass is 316 g/mol. The van der Waals surface area contributed by atoms with Crippen molar-refractivity contribution in [1.82, 2.24) is 0 Å². The molecule has 0 aliphatic rings. The Bertz CT molecular complexity index is 271. The molecule has 0 aliphatic carbocycles. The summed E-state index contributed by atoms with van der Waals surface area (Å²) in [6, 6.07) is 1.06. The molecule has 21 heavy (non-hydrogen) atoms. The molecular formula is C16H32O4Si. The van der Waals surface area contributed by atoms with E-state index in [1.165, 1.54) is 0 Å². The standard InChI is InChI=1S/C16H32O4Si/c1-5-7-10-19-16(20-11-8-6-2)21-13-9-12-18-15(17)14(3)4/h16H,3,5-13,21H2,1-2,4H3. The topological polar surface area (TPSA) is 44.8 Å². The van der Waals surface area contributed by atoms with E-state index in [0.29, 0.717) is 12.2 Å². The summed E-state index contributed by atoms with van der Waals surface area (Å²) in [6.07, 6.45) is 5.33. The molecular weight excluding hydrogens is 284 g/mol. The minimum atomic E-state index is -0.453. The smallest absolute Gasteiger partial charge is 0.333 e. The van der Waals surface area contributed by atoms with Gasteiger partial charge in [-0.05, 0) is 26.2 Å². The van der Waals surface area contributed by atoms with E-state index < -0.39 is 9.52 Å². The van der Waals surface area contributed by atoms with Crippen molar-refractivity contribution in [2.45, 2.75) is 64.8 Å². The van der Waals surface area contributed by atoms with E-state index in [9.17, 15) is 4.79 Å². The molecule has 0 fully saturated rings. The van der Waals surface area contributed by atoms with Gasteiger partial charge in [0.1, 0.15) is 5.91 Å². The second-order valence-electron chi connectivity index (χ2n) is 5.29. The molecule has 0 aromatic rings. The van der Waals surface area contributed by atoms with E-state index in [0.717, 1.165) is 51.4 Å². The largest absolute Gasteiger partial charge is 0.462 e. The van der Waals surface area contributed by atoms with Gasteiger partial charge in [-0.2, -0.15) is 0 Å². The molecule has 124 valence electrons. The predicted octanol–water partition coefficient (Wildman–Crippen LogP) is 3.00. The van der Waals surface area contributed by atoms with E-state index >= 15 is 0 Å². The average Bonchev–Trinajstić information content (AvgIpc) is 2.46. The summed E-state index contributed by atoms with van der Waals surface area (Å²) in [5, 5.41) is 0. The fourth-order valence-corrected chi connectivity index (χ4v) is 3.13. The highest BCUT2D eigenvalue weighted by Crippen LogP contribution is 2.04. The van der Waals surface area contributed by atoms with Crippen molar-refractivity contribution in [3.05, 3.63) is 12.2 Å². The van der Waals surface area contributed by atoms with Gasteiger partial charge in [-0.15, -0.1) is 0 Å². The first-order valence-electron chi connectivity index (χ1n) is 8.17. The highest BCUT2D eigenvalue weighted by atomic mass is 28.2. The zero-order valence-corrected chi connectivity index (χ0v) is 15.4. The van der Waals surface area contributed by atoms with Crippen molar-refractivity contribution in [3.8, 4) is 0 Å². The van der Waals surface area contributed by atoms with Crippen LogP contribution in [0, 0.1) is 0 Å². The van der Waals surface area contributed by atoms with Gasteiger partial charge in [0.25, 0.3) is 0 Å². The molecule has 0 aliphatic heterocycles. The number of rotatable bonds is 14. The summed E-state index contributed by atoms with van der Waals surface area (Å²) >= 11 is 0. The van der Waals surface area contributed by atoms with Crippen LogP contribution >= 0.6 is 0 Å². The van der Waals surface area contributed by atoms with Crippen LogP contribution in [0.15, 0.2) is 12.2 Å². The third-order valence-electron chi connectivity index (χ3n) is 3.02. The lowest BCUT2D eigenvalue weighted by atomic mass is 10.4. The summed E-state index contributed by atoms with van der Waals surface area (Å²) in [5.74, 6) is -0.286. The Morgan fingerprint density at radius 3 is 2.10 bits per heavy atom. The zero-order valence-electron chi connectivity index (χ0n) is 14.0. The lowest BCUT2D eigenvalue weighted by Crippen LogP contribution is -2.26. The fraction of sp³-hybridized carbons (Fsp3) is 0.812. The van der Waals surface area contributed by atoms with Gasteiger partial charge in [0, 0.05) is 18.8 Å². The Morgan fingerprint density at radius 2 is 1.62 bits per heavy atom. The van der Waals surface area contributed by atoms with Gasteiger partial charge in [0.05, 0.1) is 16.1 Å². The molecule has 0 saturated carbocycles. The van der Waals surface area contributed by atoms with Crippen LogP contribution in [0.4, 0.5) is 0 Å². The number of hydrogen-bond donors (Lipinski definition) is 0. The maximum absolute atomic E-state index is 11.2. The second kappa shape index (κ2) is 14.3. The third-order valence-corrected chi connectivity index (χ3v) is 4.87. The van der Waals surface area contributed by atoms with Crippen LogP contribution in [0.1, 0.15) is 52.9 Å². The van der Waals surface area contributed by atoms with Crippen LogP contribution in [0.25, 0.3) is 0 Å². The second-order valence-corrected chi connectivity index (χ2v) is 7.24. The molecule has 0 aromatic carbocycles. The molecule has 0 atom stereocenters. The predicted molar refractivity (Wildman–Crippen MR) is 89.2 cm³/mol. The maximum atomic E-state index is 11.2. The molecule has 5 heteroatoms. The molecule has 0 rings (SSSR count). The summed E-state index contributed by atoms with van der Waals surface area (Å²) in [7, 11) is -0.453. The molecule has 0 radical (unpaired) electrons. The zero-order chi connectivity index (χ0) is 15.9. The van der Waals surface area contributed by atoms with Crippen LogP contribution in [-0.2, 0) is 19.0 Å². The van der Waals surface area contributed by atoms with Crippen molar-refractivity contribution in [1.29, 1.82) is 0 Å². The number of carbonyl (C=O) groups is 1. The Balaban J connectivity index is 3.77. The van der Waals surface area contributed by atoms with Crippen LogP contribution in [0.5, 0.6) is 0 Å². The lowest BCUT2D eigenvalue weighted by Gasteiger charge is -2.18. The van der Waals surface area contributed by atoms with E-state index in [1.807, 2.05) is 0 Å². The quantitative estimate of drug-likeness (QED) is 0.162. The number of hydrogen-bond acceptors (Lipinski definition) is 4. The molecule has 0 unspecified atom stereocenters. The molecule has 0 amide bonds.